The number of phenolic OH excluding ortho intramolecular Hbond substituents is 1. The van der Waals surface area contributed by atoms with E-state index in [1.54, 1.807) is 13.0 Å². The molecule has 0 spiro atoms. The Balaban J connectivity index is 1.93. The molecule has 0 bridgehead atoms. The molecular formula is C36H54O4. The quantitative estimate of drug-likeness (QED) is 0.0686. The summed E-state index contributed by atoms with van der Waals surface area (Å²) in [4.78, 5) is 12.2. The molecule has 40 heavy (non-hydrogen) atoms. The Morgan fingerprint density at radius 2 is 1.18 bits per heavy atom. The van der Waals surface area contributed by atoms with Crippen LogP contribution in [0.4, 0.5) is 0 Å². The monoisotopic (exact) mass is 550 g/mol. The van der Waals surface area contributed by atoms with Gasteiger partial charge < -0.3 is 14.6 Å². The lowest BCUT2D eigenvalue weighted by Crippen LogP contribution is -2.10. The molecule has 0 aliphatic rings. The Labute approximate surface area is 244 Å². The summed E-state index contributed by atoms with van der Waals surface area (Å²) in [5.41, 5.74) is 4.45. The number of carbonyl (C=O) groups excluding carboxylic acids is 1. The van der Waals surface area contributed by atoms with E-state index in [-0.39, 0.29) is 5.75 Å². The minimum Gasteiger partial charge on any atom is -0.508 e. The Kier molecular flexibility index (Phi) is 17.1. The lowest BCUT2D eigenvalue weighted by Gasteiger charge is -2.14. The second-order valence-electron chi connectivity index (χ2n) is 11.3. The molecule has 0 radical (unpaired) electrons. The number of carbonyl (C=O) groups is 1. The number of rotatable bonds is 22. The largest absolute Gasteiger partial charge is 0.508 e. The van der Waals surface area contributed by atoms with Crippen molar-refractivity contribution in [1.82, 2.24) is 0 Å². The molecule has 0 unspecified atom stereocenters. The summed E-state index contributed by atoms with van der Waals surface area (Å²) in [6.07, 6.45) is 19.9. The highest BCUT2D eigenvalue weighted by Crippen LogP contribution is 2.26. The van der Waals surface area contributed by atoms with Crippen LogP contribution in [0.5, 0.6) is 11.5 Å². The van der Waals surface area contributed by atoms with Gasteiger partial charge in [0.25, 0.3) is 0 Å². The molecular weight excluding hydrogens is 496 g/mol. The first-order valence-corrected chi connectivity index (χ1v) is 15.8. The van der Waals surface area contributed by atoms with Gasteiger partial charge in [-0.1, -0.05) is 110 Å². The van der Waals surface area contributed by atoms with Crippen LogP contribution in [0, 0.1) is 0 Å². The fourth-order valence-electron chi connectivity index (χ4n) is 4.94. The topological polar surface area (TPSA) is 55.8 Å². The van der Waals surface area contributed by atoms with E-state index in [1.165, 1.54) is 94.6 Å². The lowest BCUT2D eigenvalue weighted by molar-refractivity contribution is -0.130. The lowest BCUT2D eigenvalue weighted by atomic mass is 10.0. The summed E-state index contributed by atoms with van der Waals surface area (Å²) >= 11 is 0. The summed E-state index contributed by atoms with van der Waals surface area (Å²) in [7, 11) is 0. The summed E-state index contributed by atoms with van der Waals surface area (Å²) in [5, 5.41) is 10.4. The third kappa shape index (κ3) is 13.7. The second kappa shape index (κ2) is 20.3. The predicted octanol–water partition coefficient (Wildman–Crippen LogP) is 10.2. The van der Waals surface area contributed by atoms with Gasteiger partial charge in [-0.25, -0.2) is 4.79 Å². The molecule has 2 aromatic rings. The smallest absolute Gasteiger partial charge is 0.338 e. The van der Waals surface area contributed by atoms with Crippen LogP contribution in [0.2, 0.25) is 0 Å². The zero-order valence-corrected chi connectivity index (χ0v) is 25.6. The van der Waals surface area contributed by atoms with Gasteiger partial charge in [0.15, 0.2) is 0 Å². The summed E-state index contributed by atoms with van der Waals surface area (Å²) in [5.74, 6) is 0.329. The van der Waals surface area contributed by atoms with E-state index in [9.17, 15) is 9.90 Å². The van der Waals surface area contributed by atoms with E-state index in [0.717, 1.165) is 30.4 Å². The normalized spacial score (nSPS) is 11.1. The molecule has 0 aliphatic heterocycles. The number of hydrogen-bond donors (Lipinski definition) is 1. The molecule has 2 rings (SSSR count). The summed E-state index contributed by atoms with van der Waals surface area (Å²) < 4.78 is 11.7. The first-order chi connectivity index (χ1) is 19.4. The Bertz CT molecular complexity index is 1010. The zero-order valence-electron chi connectivity index (χ0n) is 25.6. The number of phenols is 1. The molecule has 0 heterocycles. The van der Waals surface area contributed by atoms with Crippen LogP contribution in [0.25, 0.3) is 0 Å². The maximum Gasteiger partial charge on any atom is 0.338 e. The van der Waals surface area contributed by atoms with Crippen molar-refractivity contribution in [3.63, 3.8) is 0 Å². The number of unbranched alkanes of at least 4 members (excludes halogenated alkanes) is 12. The number of hydrogen-bond acceptors (Lipinski definition) is 4. The van der Waals surface area contributed by atoms with Gasteiger partial charge in [-0.15, -0.1) is 0 Å². The Hall–Kier alpha value is -2.59. The van der Waals surface area contributed by atoms with E-state index >= 15 is 0 Å². The van der Waals surface area contributed by atoms with Gasteiger partial charge >= 0.3 is 5.97 Å². The van der Waals surface area contributed by atoms with Crippen molar-refractivity contribution in [3.05, 3.63) is 70.8 Å². The van der Waals surface area contributed by atoms with Gasteiger partial charge in [-0.2, -0.15) is 0 Å². The molecule has 0 aromatic heterocycles. The molecule has 0 amide bonds. The van der Waals surface area contributed by atoms with Crippen molar-refractivity contribution in [2.45, 2.75) is 137 Å². The number of aromatic hydroxyl groups is 1. The molecule has 0 fully saturated rings. The molecule has 4 nitrogen and oxygen atoms in total. The SMILES string of the molecule is C=C(C)C(=O)Oc1ccc(CCCCCCCCC)cc1COCc1cc(CCCCCCCCC)ccc1O. The van der Waals surface area contributed by atoms with Crippen molar-refractivity contribution in [2.24, 2.45) is 0 Å². The zero-order chi connectivity index (χ0) is 29.0. The van der Waals surface area contributed by atoms with E-state index in [4.69, 9.17) is 9.47 Å². The molecule has 0 saturated carbocycles. The van der Waals surface area contributed by atoms with Crippen molar-refractivity contribution >= 4 is 5.97 Å². The summed E-state index contributed by atoms with van der Waals surface area (Å²) in [6, 6.07) is 11.9. The van der Waals surface area contributed by atoms with Crippen LogP contribution < -0.4 is 4.74 Å². The van der Waals surface area contributed by atoms with Gasteiger partial charge in [0.05, 0.1) is 13.2 Å². The van der Waals surface area contributed by atoms with E-state index in [1.807, 2.05) is 18.2 Å². The molecule has 222 valence electrons. The molecule has 0 atom stereocenters. The van der Waals surface area contributed by atoms with E-state index in [2.05, 4.69) is 32.6 Å². The van der Waals surface area contributed by atoms with E-state index < -0.39 is 5.97 Å². The average Bonchev–Trinajstić information content (AvgIpc) is 2.94. The fourth-order valence-corrected chi connectivity index (χ4v) is 4.94. The Morgan fingerprint density at radius 1 is 0.700 bits per heavy atom. The van der Waals surface area contributed by atoms with Gasteiger partial charge in [0, 0.05) is 16.7 Å². The summed E-state index contributed by atoms with van der Waals surface area (Å²) in [6.45, 7) is 10.4. The minimum atomic E-state index is -0.434. The number of ether oxygens (including phenoxy) is 2. The van der Waals surface area contributed by atoms with Crippen LogP contribution in [-0.2, 0) is 35.6 Å². The maximum atomic E-state index is 12.2. The first kappa shape index (κ1) is 33.6. The second-order valence-corrected chi connectivity index (χ2v) is 11.3. The number of esters is 1. The van der Waals surface area contributed by atoms with Crippen molar-refractivity contribution in [3.8, 4) is 11.5 Å². The van der Waals surface area contributed by atoms with Gasteiger partial charge in [-0.3, -0.25) is 0 Å². The first-order valence-electron chi connectivity index (χ1n) is 15.8. The van der Waals surface area contributed by atoms with Crippen molar-refractivity contribution < 1.29 is 19.4 Å². The fraction of sp³-hybridized carbons (Fsp3) is 0.583. The third-order valence-corrected chi connectivity index (χ3v) is 7.47. The molecule has 0 aliphatic carbocycles. The van der Waals surface area contributed by atoms with Gasteiger partial charge in [-0.05, 0) is 68.0 Å². The van der Waals surface area contributed by atoms with Gasteiger partial charge in [0.1, 0.15) is 11.5 Å². The van der Waals surface area contributed by atoms with E-state index in [0.29, 0.717) is 24.5 Å². The van der Waals surface area contributed by atoms with Crippen LogP contribution in [-0.4, -0.2) is 11.1 Å². The molecule has 2 aromatic carbocycles. The maximum absolute atomic E-state index is 12.2. The minimum absolute atomic E-state index is 0.255. The number of benzene rings is 2. The van der Waals surface area contributed by atoms with Crippen LogP contribution in [0.15, 0.2) is 48.6 Å². The van der Waals surface area contributed by atoms with Crippen LogP contribution in [0.3, 0.4) is 0 Å². The highest BCUT2D eigenvalue weighted by Gasteiger charge is 2.12. The highest BCUT2D eigenvalue weighted by molar-refractivity contribution is 5.88. The third-order valence-electron chi connectivity index (χ3n) is 7.47. The Morgan fingerprint density at radius 3 is 1.73 bits per heavy atom. The van der Waals surface area contributed by atoms with Crippen molar-refractivity contribution in [2.75, 3.05) is 0 Å². The average molecular weight is 551 g/mol. The molecule has 0 saturated heterocycles. The predicted molar refractivity (Wildman–Crippen MR) is 167 cm³/mol. The number of aryl methyl sites for hydroxylation is 2. The molecule has 1 N–H and O–H groups in total. The van der Waals surface area contributed by atoms with Gasteiger partial charge in [0.2, 0.25) is 0 Å². The molecule has 4 heteroatoms. The highest BCUT2D eigenvalue weighted by atomic mass is 16.5. The van der Waals surface area contributed by atoms with Crippen LogP contribution in [0.1, 0.15) is 133 Å². The standard InChI is InChI=1S/C36H54O4/c1-5-7-9-11-13-15-17-19-30-21-23-34(37)32(25-30)27-39-28-33-26-31(20-18-16-14-12-10-8-6-2)22-24-35(33)40-36(38)29(3)4/h21-26,37H,3,5-20,27-28H2,1-2,4H3. The van der Waals surface area contributed by atoms with Crippen molar-refractivity contribution in [1.29, 1.82) is 0 Å². The van der Waals surface area contributed by atoms with Crippen LogP contribution >= 0.6 is 0 Å².